The van der Waals surface area contributed by atoms with E-state index in [9.17, 15) is 14.4 Å². The zero-order valence-electron chi connectivity index (χ0n) is 14.8. The van der Waals surface area contributed by atoms with Gasteiger partial charge in [0.15, 0.2) is 6.61 Å². The molecule has 0 aliphatic heterocycles. The van der Waals surface area contributed by atoms with Gasteiger partial charge in [0.25, 0.3) is 11.5 Å². The number of carbonyl (C=O) groups excluding carboxylic acids is 2. The van der Waals surface area contributed by atoms with Crippen molar-refractivity contribution in [2.45, 2.75) is 13.0 Å². The van der Waals surface area contributed by atoms with Gasteiger partial charge in [-0.15, -0.1) is 0 Å². The van der Waals surface area contributed by atoms with Crippen molar-refractivity contribution in [1.82, 2.24) is 9.55 Å². The number of hydrogen-bond donors (Lipinski definition) is 1. The Morgan fingerprint density at radius 3 is 2.76 bits per heavy atom. The van der Waals surface area contributed by atoms with Gasteiger partial charge in [-0.25, -0.2) is 4.98 Å². The van der Waals surface area contributed by atoms with Gasteiger partial charge in [-0.1, -0.05) is 39.1 Å². The number of esters is 1. The van der Waals surface area contributed by atoms with Crippen molar-refractivity contribution in [3.63, 3.8) is 0 Å². The molecule has 1 amide bonds. The number of hydrogen-bond acceptors (Lipinski definition) is 5. The molecular formula is C19H14BrCl2N3O4. The van der Waals surface area contributed by atoms with Crippen LogP contribution in [-0.2, 0) is 20.9 Å². The van der Waals surface area contributed by atoms with E-state index in [1.165, 1.54) is 17.0 Å². The van der Waals surface area contributed by atoms with Crippen LogP contribution in [-0.4, -0.2) is 28.0 Å². The molecule has 150 valence electrons. The number of rotatable bonds is 6. The first-order valence-electron chi connectivity index (χ1n) is 8.39. The maximum Gasteiger partial charge on any atom is 0.308 e. The van der Waals surface area contributed by atoms with Crippen LogP contribution in [0, 0.1) is 0 Å². The van der Waals surface area contributed by atoms with Gasteiger partial charge in [0, 0.05) is 16.0 Å². The number of fused-ring (bicyclic) bond motifs is 1. The fraction of sp³-hybridized carbons (Fsp3) is 0.158. The van der Waals surface area contributed by atoms with Crippen LogP contribution in [0.25, 0.3) is 10.9 Å². The molecule has 0 saturated carbocycles. The van der Waals surface area contributed by atoms with Gasteiger partial charge in [-0.05, 0) is 36.4 Å². The normalized spacial score (nSPS) is 10.7. The summed E-state index contributed by atoms with van der Waals surface area (Å²) in [5.41, 5.74) is 0.617. The summed E-state index contributed by atoms with van der Waals surface area (Å²) < 4.78 is 7.02. The third kappa shape index (κ3) is 5.56. The summed E-state index contributed by atoms with van der Waals surface area (Å²) >= 11 is 15.1. The van der Waals surface area contributed by atoms with E-state index in [4.69, 9.17) is 27.9 Å². The molecule has 0 fully saturated rings. The summed E-state index contributed by atoms with van der Waals surface area (Å²) in [4.78, 5) is 40.5. The molecule has 1 heterocycles. The lowest BCUT2D eigenvalue weighted by atomic mass is 10.2. The van der Waals surface area contributed by atoms with E-state index in [1.807, 2.05) is 0 Å². The first-order valence-corrected chi connectivity index (χ1v) is 9.93. The maximum absolute atomic E-state index is 12.5. The first-order chi connectivity index (χ1) is 13.8. The SMILES string of the molecule is O=C(COC(=O)CCn1cnc2ccc(Br)cc2c1=O)Nc1cc(Cl)ccc1Cl. The number of ether oxygens (including phenoxy) is 1. The lowest BCUT2D eigenvalue weighted by Crippen LogP contribution is -2.24. The second-order valence-corrected chi connectivity index (χ2v) is 7.75. The summed E-state index contributed by atoms with van der Waals surface area (Å²) in [5, 5.41) is 3.67. The van der Waals surface area contributed by atoms with Crippen molar-refractivity contribution in [1.29, 1.82) is 0 Å². The number of amides is 1. The van der Waals surface area contributed by atoms with E-state index in [2.05, 4.69) is 26.2 Å². The van der Waals surface area contributed by atoms with Crippen LogP contribution >= 0.6 is 39.1 Å². The largest absolute Gasteiger partial charge is 0.456 e. The Kier molecular flexibility index (Phi) is 6.89. The number of nitrogens with zero attached hydrogens (tertiary/aromatic N) is 2. The monoisotopic (exact) mass is 497 g/mol. The molecule has 0 spiro atoms. The van der Waals surface area contributed by atoms with Crippen molar-refractivity contribution in [3.8, 4) is 0 Å². The topological polar surface area (TPSA) is 90.3 Å². The molecule has 0 bridgehead atoms. The number of aryl methyl sites for hydroxylation is 1. The molecule has 7 nitrogen and oxygen atoms in total. The van der Waals surface area contributed by atoms with Gasteiger partial charge in [-0.2, -0.15) is 0 Å². The highest BCUT2D eigenvalue weighted by Crippen LogP contribution is 2.25. The fourth-order valence-electron chi connectivity index (χ4n) is 2.50. The van der Waals surface area contributed by atoms with E-state index in [0.29, 0.717) is 26.6 Å². The Bertz CT molecular complexity index is 1150. The van der Waals surface area contributed by atoms with Crippen LogP contribution in [0.3, 0.4) is 0 Å². The standard InChI is InChI=1S/C19H14BrCl2N3O4/c20-11-1-4-15-13(7-11)19(28)25(10-23-15)6-5-18(27)29-9-17(26)24-16-8-12(21)2-3-14(16)22/h1-4,7-8,10H,5-6,9H2,(H,24,26). The molecular weight excluding hydrogens is 485 g/mol. The molecule has 2 aromatic carbocycles. The van der Waals surface area contributed by atoms with E-state index in [0.717, 1.165) is 4.47 Å². The molecule has 0 aliphatic rings. The number of aromatic nitrogens is 2. The summed E-state index contributed by atoms with van der Waals surface area (Å²) in [6, 6.07) is 9.80. The van der Waals surface area contributed by atoms with Crippen molar-refractivity contribution in [3.05, 3.63) is 67.6 Å². The first kappa shape index (κ1) is 21.3. The Hall–Kier alpha value is -2.42. The van der Waals surface area contributed by atoms with Crippen LogP contribution in [0.2, 0.25) is 10.0 Å². The number of benzene rings is 2. The zero-order valence-corrected chi connectivity index (χ0v) is 17.9. The van der Waals surface area contributed by atoms with Crippen LogP contribution in [0.1, 0.15) is 6.42 Å². The van der Waals surface area contributed by atoms with E-state index in [1.54, 1.807) is 30.3 Å². The zero-order chi connectivity index (χ0) is 21.0. The molecule has 1 N–H and O–H groups in total. The summed E-state index contributed by atoms with van der Waals surface area (Å²) in [6.07, 6.45) is 1.28. The molecule has 0 aliphatic carbocycles. The van der Waals surface area contributed by atoms with Gasteiger partial charge in [0.2, 0.25) is 0 Å². The quantitative estimate of drug-likeness (QED) is 0.518. The highest BCUT2D eigenvalue weighted by Gasteiger charge is 2.11. The van der Waals surface area contributed by atoms with Gasteiger partial charge in [0.1, 0.15) is 0 Å². The van der Waals surface area contributed by atoms with Crippen LogP contribution in [0.5, 0.6) is 0 Å². The average Bonchev–Trinajstić information content (AvgIpc) is 2.69. The second kappa shape index (κ2) is 9.39. The minimum atomic E-state index is -0.626. The van der Waals surface area contributed by atoms with Crippen molar-refractivity contribution in [2.24, 2.45) is 0 Å². The Balaban J connectivity index is 1.54. The minimum absolute atomic E-state index is 0.0782. The van der Waals surface area contributed by atoms with Gasteiger partial charge in [-0.3, -0.25) is 19.0 Å². The maximum atomic E-state index is 12.5. The second-order valence-electron chi connectivity index (χ2n) is 5.99. The Morgan fingerprint density at radius 1 is 1.17 bits per heavy atom. The Labute approximate surface area is 183 Å². The number of halogens is 3. The summed E-state index contributed by atoms with van der Waals surface area (Å²) in [6.45, 7) is -0.408. The van der Waals surface area contributed by atoms with Crippen molar-refractivity contribution in [2.75, 3.05) is 11.9 Å². The predicted molar refractivity (Wildman–Crippen MR) is 114 cm³/mol. The number of nitrogens with one attached hydrogen (secondary N) is 1. The molecule has 3 aromatic rings. The molecule has 0 atom stereocenters. The van der Waals surface area contributed by atoms with Crippen LogP contribution in [0.4, 0.5) is 5.69 Å². The lowest BCUT2D eigenvalue weighted by Gasteiger charge is -2.09. The molecule has 10 heteroatoms. The minimum Gasteiger partial charge on any atom is -0.456 e. The average molecular weight is 499 g/mol. The van der Waals surface area contributed by atoms with Crippen molar-refractivity contribution >= 4 is 67.6 Å². The molecule has 0 saturated heterocycles. The summed E-state index contributed by atoms with van der Waals surface area (Å²) in [5.74, 6) is -1.18. The smallest absolute Gasteiger partial charge is 0.308 e. The molecule has 0 unspecified atom stereocenters. The fourth-order valence-corrected chi connectivity index (χ4v) is 3.20. The van der Waals surface area contributed by atoms with Crippen molar-refractivity contribution < 1.29 is 14.3 Å². The predicted octanol–water partition coefficient (Wildman–Crippen LogP) is 4.04. The van der Waals surface area contributed by atoms with Gasteiger partial charge >= 0.3 is 5.97 Å². The van der Waals surface area contributed by atoms with E-state index < -0.39 is 18.5 Å². The van der Waals surface area contributed by atoms with E-state index >= 15 is 0 Å². The number of anilines is 1. The Morgan fingerprint density at radius 2 is 1.97 bits per heavy atom. The van der Waals surface area contributed by atoms with E-state index in [-0.39, 0.29) is 18.5 Å². The highest BCUT2D eigenvalue weighted by molar-refractivity contribution is 9.10. The van der Waals surface area contributed by atoms with Gasteiger partial charge < -0.3 is 10.1 Å². The highest BCUT2D eigenvalue weighted by atomic mass is 79.9. The third-order valence-corrected chi connectivity index (χ3v) is 4.97. The summed E-state index contributed by atoms with van der Waals surface area (Å²) in [7, 11) is 0. The third-order valence-electron chi connectivity index (χ3n) is 3.91. The molecule has 1 aromatic heterocycles. The van der Waals surface area contributed by atoms with Crippen LogP contribution < -0.4 is 10.9 Å². The number of carbonyl (C=O) groups is 2. The van der Waals surface area contributed by atoms with Crippen LogP contribution in [0.15, 0.2) is 52.0 Å². The molecule has 0 radical (unpaired) electrons. The lowest BCUT2D eigenvalue weighted by molar-refractivity contribution is -0.147. The molecule has 3 rings (SSSR count). The molecule has 29 heavy (non-hydrogen) atoms. The van der Waals surface area contributed by atoms with Gasteiger partial charge in [0.05, 0.1) is 34.4 Å².